The smallest absolute Gasteiger partial charge is 0.235 e. The molecule has 0 spiro atoms. The van der Waals surface area contributed by atoms with Gasteiger partial charge < -0.3 is 14.3 Å². The number of hydrogen-bond acceptors (Lipinski definition) is 6. The van der Waals surface area contributed by atoms with E-state index in [-0.39, 0.29) is 11.7 Å². The number of nitrogens with one attached hydrogen (secondary N) is 1. The van der Waals surface area contributed by atoms with Crippen molar-refractivity contribution in [3.63, 3.8) is 0 Å². The van der Waals surface area contributed by atoms with Crippen molar-refractivity contribution in [1.82, 2.24) is 19.3 Å². The van der Waals surface area contributed by atoms with Crippen LogP contribution in [0.5, 0.6) is 0 Å². The van der Waals surface area contributed by atoms with Gasteiger partial charge in [-0.05, 0) is 43.7 Å². The minimum absolute atomic E-state index is 0.119. The van der Waals surface area contributed by atoms with Gasteiger partial charge in [-0.15, -0.1) is 5.10 Å². The summed E-state index contributed by atoms with van der Waals surface area (Å²) in [7, 11) is 0. The predicted octanol–water partition coefficient (Wildman–Crippen LogP) is 3.93. The Labute approximate surface area is 183 Å². The highest BCUT2D eigenvalue weighted by Gasteiger charge is 2.20. The summed E-state index contributed by atoms with van der Waals surface area (Å²) in [5.74, 6) is 1.09. The Bertz CT molecular complexity index is 1240. The average Bonchev–Trinajstić information content (AvgIpc) is 3.51. The van der Waals surface area contributed by atoms with E-state index in [9.17, 15) is 10.1 Å². The number of aromatic nitrogens is 4. The molecule has 156 valence electrons. The maximum absolute atomic E-state index is 12.7. The molecule has 1 aromatic carbocycles. The number of nitriles is 1. The fourth-order valence-corrected chi connectivity index (χ4v) is 3.80. The highest BCUT2D eigenvalue weighted by Crippen LogP contribution is 2.28. The van der Waals surface area contributed by atoms with Crippen LogP contribution in [0.1, 0.15) is 22.6 Å². The number of carbonyl (C=O) groups excluding carboxylic acids is 1. The lowest BCUT2D eigenvalue weighted by molar-refractivity contribution is -0.113. The first-order valence-corrected chi connectivity index (χ1v) is 10.6. The molecule has 31 heavy (non-hydrogen) atoms. The van der Waals surface area contributed by atoms with Crippen LogP contribution < -0.4 is 5.32 Å². The summed E-state index contributed by atoms with van der Waals surface area (Å²) < 4.78 is 8.99. The van der Waals surface area contributed by atoms with Gasteiger partial charge in [0.25, 0.3) is 0 Å². The molecule has 4 aromatic rings. The highest BCUT2D eigenvalue weighted by molar-refractivity contribution is 7.99. The summed E-state index contributed by atoms with van der Waals surface area (Å²) in [6.07, 6.45) is 3.22. The molecule has 0 bridgehead atoms. The molecular formula is C22H20N6O2S. The van der Waals surface area contributed by atoms with Gasteiger partial charge in [0.05, 0.1) is 29.8 Å². The van der Waals surface area contributed by atoms with Crippen molar-refractivity contribution >= 4 is 23.5 Å². The number of anilines is 1. The number of hydrogen-bond donors (Lipinski definition) is 1. The van der Waals surface area contributed by atoms with E-state index in [0.717, 1.165) is 22.7 Å². The fourth-order valence-electron chi connectivity index (χ4n) is 3.20. The monoisotopic (exact) mass is 432 g/mol. The Morgan fingerprint density at radius 2 is 2.03 bits per heavy atom. The zero-order chi connectivity index (χ0) is 21.8. The number of amides is 1. The van der Waals surface area contributed by atoms with Crippen molar-refractivity contribution in [3.8, 4) is 11.8 Å². The first-order valence-electron chi connectivity index (χ1n) is 9.58. The van der Waals surface area contributed by atoms with E-state index in [1.54, 1.807) is 17.3 Å². The molecule has 8 nitrogen and oxygen atoms in total. The summed E-state index contributed by atoms with van der Waals surface area (Å²) in [5.41, 5.74) is 3.08. The van der Waals surface area contributed by atoms with Crippen molar-refractivity contribution in [3.05, 3.63) is 77.6 Å². The lowest BCUT2D eigenvalue weighted by atomic mass is 10.2. The third kappa shape index (κ3) is 4.39. The molecule has 0 aliphatic heterocycles. The van der Waals surface area contributed by atoms with Crippen LogP contribution in [-0.4, -0.2) is 31.0 Å². The lowest BCUT2D eigenvalue weighted by Crippen LogP contribution is -2.18. The van der Waals surface area contributed by atoms with Gasteiger partial charge in [0.1, 0.15) is 24.0 Å². The Balaban J connectivity index is 1.47. The molecule has 3 heterocycles. The van der Waals surface area contributed by atoms with E-state index in [1.165, 1.54) is 11.8 Å². The van der Waals surface area contributed by atoms with Crippen molar-refractivity contribution in [2.24, 2.45) is 0 Å². The number of furan rings is 1. The molecule has 3 aromatic heterocycles. The van der Waals surface area contributed by atoms with Gasteiger partial charge in [0.2, 0.25) is 11.1 Å². The van der Waals surface area contributed by atoms with E-state index < -0.39 is 0 Å². The summed E-state index contributed by atoms with van der Waals surface area (Å²) in [5, 5.41) is 17.4. The normalized spacial score (nSPS) is 10.7. The first-order chi connectivity index (χ1) is 15.1. The Hall–Kier alpha value is -3.77. The second-order valence-corrected chi connectivity index (χ2v) is 7.80. The maximum atomic E-state index is 12.7. The Morgan fingerprint density at radius 3 is 2.74 bits per heavy atom. The van der Waals surface area contributed by atoms with E-state index in [2.05, 4.69) is 21.5 Å². The van der Waals surface area contributed by atoms with Gasteiger partial charge in [0, 0.05) is 5.69 Å². The van der Waals surface area contributed by atoms with Crippen molar-refractivity contribution in [2.45, 2.75) is 25.5 Å². The lowest BCUT2D eigenvalue weighted by Gasteiger charge is -2.11. The molecule has 0 radical (unpaired) electrons. The van der Waals surface area contributed by atoms with Crippen molar-refractivity contribution in [1.29, 1.82) is 5.26 Å². The third-order valence-corrected chi connectivity index (χ3v) is 5.77. The summed E-state index contributed by atoms with van der Waals surface area (Å²) in [6, 6.07) is 15.5. The third-order valence-electron chi connectivity index (χ3n) is 4.92. The van der Waals surface area contributed by atoms with Crippen LogP contribution in [0, 0.1) is 25.2 Å². The quantitative estimate of drug-likeness (QED) is 0.444. The number of thioether (sulfide) groups is 1. The van der Waals surface area contributed by atoms with Gasteiger partial charge in [-0.3, -0.25) is 4.79 Å². The summed E-state index contributed by atoms with van der Waals surface area (Å²) in [4.78, 5) is 16.9. The summed E-state index contributed by atoms with van der Waals surface area (Å²) >= 11 is 1.23. The van der Waals surface area contributed by atoms with Crippen LogP contribution >= 0.6 is 11.8 Å². The predicted molar refractivity (Wildman–Crippen MR) is 117 cm³/mol. The molecule has 0 unspecified atom stereocenters. The molecule has 1 amide bonds. The van der Waals surface area contributed by atoms with E-state index in [4.69, 9.17) is 4.42 Å². The number of para-hydroxylation sites is 1. The van der Waals surface area contributed by atoms with E-state index >= 15 is 0 Å². The topological polar surface area (TPSA) is 102 Å². The van der Waals surface area contributed by atoms with Crippen LogP contribution in [0.3, 0.4) is 0 Å². The second kappa shape index (κ2) is 8.93. The molecule has 1 N–H and O–H groups in total. The van der Waals surface area contributed by atoms with Gasteiger partial charge in [-0.25, -0.2) is 9.67 Å². The molecule has 0 fully saturated rings. The maximum Gasteiger partial charge on any atom is 0.235 e. The van der Waals surface area contributed by atoms with Crippen LogP contribution in [0.25, 0.3) is 5.69 Å². The van der Waals surface area contributed by atoms with Crippen molar-refractivity contribution < 1.29 is 9.21 Å². The number of benzene rings is 1. The van der Waals surface area contributed by atoms with Gasteiger partial charge in [-0.1, -0.05) is 30.0 Å². The van der Waals surface area contributed by atoms with E-state index in [1.807, 2.05) is 60.9 Å². The molecule has 0 aliphatic rings. The highest BCUT2D eigenvalue weighted by atomic mass is 32.2. The minimum Gasteiger partial charge on any atom is -0.467 e. The van der Waals surface area contributed by atoms with Crippen molar-refractivity contribution in [2.75, 3.05) is 11.1 Å². The standard InChI is InChI=1S/C22H20N6O2S/c1-15-16(2)27(12-18-9-6-10-30-18)21(19(15)11-23)25-20(29)13-31-22-24-14-28(26-22)17-7-4-3-5-8-17/h3-10,14H,12-13H2,1-2H3,(H,25,29). The van der Waals surface area contributed by atoms with Crippen LogP contribution in [0.15, 0.2) is 64.6 Å². The van der Waals surface area contributed by atoms with Crippen LogP contribution in [0.4, 0.5) is 5.82 Å². The molecule has 4 rings (SSSR count). The fraction of sp³-hybridized carbons (Fsp3) is 0.182. The minimum atomic E-state index is -0.240. The SMILES string of the molecule is Cc1c(C#N)c(NC(=O)CSc2ncn(-c3ccccc3)n2)n(Cc2ccco2)c1C. The number of carbonyl (C=O) groups is 1. The molecule has 9 heteroatoms. The first kappa shape index (κ1) is 20.5. The molecule has 0 saturated heterocycles. The number of nitrogens with zero attached hydrogens (tertiary/aromatic N) is 5. The van der Waals surface area contributed by atoms with Gasteiger partial charge in [-0.2, -0.15) is 5.26 Å². The Morgan fingerprint density at radius 1 is 1.23 bits per heavy atom. The van der Waals surface area contributed by atoms with Gasteiger partial charge >= 0.3 is 0 Å². The number of rotatable bonds is 7. The van der Waals surface area contributed by atoms with Crippen LogP contribution in [-0.2, 0) is 11.3 Å². The Kier molecular flexibility index (Phi) is 5.91. The zero-order valence-electron chi connectivity index (χ0n) is 17.1. The molecular weight excluding hydrogens is 412 g/mol. The molecule has 0 aliphatic carbocycles. The summed E-state index contributed by atoms with van der Waals surface area (Å²) in [6.45, 7) is 4.22. The van der Waals surface area contributed by atoms with Crippen LogP contribution in [0.2, 0.25) is 0 Å². The second-order valence-electron chi connectivity index (χ2n) is 6.86. The molecule has 0 atom stereocenters. The largest absolute Gasteiger partial charge is 0.467 e. The average molecular weight is 433 g/mol. The molecule has 0 saturated carbocycles. The van der Waals surface area contributed by atoms with Gasteiger partial charge in [0.15, 0.2) is 0 Å². The zero-order valence-corrected chi connectivity index (χ0v) is 17.9. The van der Waals surface area contributed by atoms with E-state index in [0.29, 0.717) is 23.1 Å².